The summed E-state index contributed by atoms with van der Waals surface area (Å²) >= 11 is 2.83. The average Bonchev–Trinajstić information content (AvgIpc) is 3.04. The number of thioether (sulfide) groups is 1. The van der Waals surface area contributed by atoms with Gasteiger partial charge < -0.3 is 10.2 Å². The zero-order valence-electron chi connectivity index (χ0n) is 14.5. The standard InChI is InChI=1S/C17H21N5OS2/c1-4-19-16-20-21-17(25-16)24-13(3)15(23)22(11-5-10-18)14-8-6-12(2)7-9-14/h6-9,13H,4-5,11H2,1-3H3,(H,19,20). The molecule has 1 aromatic heterocycles. The van der Waals surface area contributed by atoms with Crippen molar-refractivity contribution >= 4 is 39.8 Å². The van der Waals surface area contributed by atoms with E-state index in [9.17, 15) is 4.79 Å². The summed E-state index contributed by atoms with van der Waals surface area (Å²) in [5.41, 5.74) is 1.94. The van der Waals surface area contributed by atoms with Crippen LogP contribution in [-0.4, -0.2) is 34.4 Å². The predicted molar refractivity (Wildman–Crippen MR) is 103 cm³/mol. The highest BCUT2D eigenvalue weighted by Crippen LogP contribution is 2.30. The first-order chi connectivity index (χ1) is 12.0. The molecular formula is C17H21N5OS2. The molecule has 0 radical (unpaired) electrons. The molecule has 2 rings (SSSR count). The van der Waals surface area contributed by atoms with Crippen molar-refractivity contribution in [1.82, 2.24) is 10.2 Å². The number of nitriles is 1. The van der Waals surface area contributed by atoms with Crippen molar-refractivity contribution in [1.29, 1.82) is 5.26 Å². The number of aromatic nitrogens is 2. The fraction of sp³-hybridized carbons (Fsp3) is 0.412. The van der Waals surface area contributed by atoms with E-state index in [-0.39, 0.29) is 11.2 Å². The molecule has 132 valence electrons. The number of aryl methyl sites for hydroxylation is 1. The second-order valence-corrected chi connectivity index (χ2v) is 7.96. The summed E-state index contributed by atoms with van der Waals surface area (Å²) in [6.45, 7) is 7.01. The molecule has 0 saturated carbocycles. The van der Waals surface area contributed by atoms with E-state index in [1.54, 1.807) is 4.90 Å². The van der Waals surface area contributed by atoms with Crippen LogP contribution < -0.4 is 10.2 Å². The Balaban J connectivity index is 2.11. The van der Waals surface area contributed by atoms with Crippen molar-refractivity contribution in [3.63, 3.8) is 0 Å². The summed E-state index contributed by atoms with van der Waals surface area (Å²) in [6, 6.07) is 9.87. The maximum atomic E-state index is 12.9. The quantitative estimate of drug-likeness (QED) is 0.708. The SMILES string of the molecule is CCNc1nnc(SC(C)C(=O)N(CCC#N)c2ccc(C)cc2)s1. The maximum absolute atomic E-state index is 12.9. The molecule has 0 spiro atoms. The Morgan fingerprint density at radius 1 is 1.40 bits per heavy atom. The second-order valence-electron chi connectivity index (χ2n) is 5.40. The molecule has 0 fully saturated rings. The van der Waals surface area contributed by atoms with Gasteiger partial charge in [-0.2, -0.15) is 5.26 Å². The third kappa shape index (κ3) is 5.44. The summed E-state index contributed by atoms with van der Waals surface area (Å²) in [4.78, 5) is 14.6. The van der Waals surface area contributed by atoms with E-state index >= 15 is 0 Å². The molecule has 1 unspecified atom stereocenters. The fourth-order valence-corrected chi connectivity index (χ4v) is 4.18. The van der Waals surface area contributed by atoms with E-state index in [2.05, 4.69) is 21.6 Å². The molecule has 25 heavy (non-hydrogen) atoms. The van der Waals surface area contributed by atoms with Gasteiger partial charge in [-0.15, -0.1) is 10.2 Å². The molecule has 0 bridgehead atoms. The van der Waals surface area contributed by atoms with E-state index in [0.29, 0.717) is 13.0 Å². The van der Waals surface area contributed by atoms with E-state index in [1.165, 1.54) is 23.1 Å². The van der Waals surface area contributed by atoms with Gasteiger partial charge in [0.25, 0.3) is 0 Å². The molecule has 1 aromatic carbocycles. The number of amides is 1. The predicted octanol–water partition coefficient (Wildman–Crippen LogP) is 3.71. The minimum atomic E-state index is -0.317. The van der Waals surface area contributed by atoms with Gasteiger partial charge in [0.05, 0.1) is 17.7 Å². The minimum absolute atomic E-state index is 0.0377. The van der Waals surface area contributed by atoms with Crippen LogP contribution in [0, 0.1) is 18.3 Å². The number of nitrogens with one attached hydrogen (secondary N) is 1. The normalized spacial score (nSPS) is 11.6. The van der Waals surface area contributed by atoms with Crippen molar-refractivity contribution in [3.8, 4) is 6.07 Å². The molecule has 1 atom stereocenters. The lowest BCUT2D eigenvalue weighted by Crippen LogP contribution is -2.37. The highest BCUT2D eigenvalue weighted by atomic mass is 32.2. The lowest BCUT2D eigenvalue weighted by atomic mass is 10.2. The van der Waals surface area contributed by atoms with Gasteiger partial charge in [0.15, 0.2) is 4.34 Å². The largest absolute Gasteiger partial charge is 0.360 e. The number of anilines is 2. The van der Waals surface area contributed by atoms with Crippen molar-refractivity contribution in [2.45, 2.75) is 36.8 Å². The molecule has 2 aromatic rings. The number of carbonyl (C=O) groups is 1. The van der Waals surface area contributed by atoms with Crippen LogP contribution in [0.25, 0.3) is 0 Å². The van der Waals surface area contributed by atoms with Crippen molar-refractivity contribution in [3.05, 3.63) is 29.8 Å². The lowest BCUT2D eigenvalue weighted by molar-refractivity contribution is -0.117. The summed E-state index contributed by atoms with van der Waals surface area (Å²) in [5.74, 6) is -0.0377. The van der Waals surface area contributed by atoms with E-state index in [0.717, 1.165) is 27.3 Å². The van der Waals surface area contributed by atoms with Gasteiger partial charge in [0.2, 0.25) is 11.0 Å². The van der Waals surface area contributed by atoms with Crippen LogP contribution in [0.4, 0.5) is 10.8 Å². The van der Waals surface area contributed by atoms with Crippen LogP contribution in [0.3, 0.4) is 0 Å². The first-order valence-electron chi connectivity index (χ1n) is 8.04. The topological polar surface area (TPSA) is 81.9 Å². The molecule has 8 heteroatoms. The molecule has 0 aliphatic carbocycles. The van der Waals surface area contributed by atoms with Gasteiger partial charge in [0, 0.05) is 18.8 Å². The average molecular weight is 376 g/mol. The molecule has 0 saturated heterocycles. The first kappa shape index (κ1) is 19.2. The molecule has 0 aliphatic rings. The first-order valence-corrected chi connectivity index (χ1v) is 9.73. The van der Waals surface area contributed by atoms with Crippen LogP contribution in [0.2, 0.25) is 0 Å². The van der Waals surface area contributed by atoms with Gasteiger partial charge in [-0.05, 0) is 32.9 Å². The Labute approximate surface area is 156 Å². The van der Waals surface area contributed by atoms with Gasteiger partial charge in [0.1, 0.15) is 0 Å². The Bertz CT molecular complexity index is 738. The lowest BCUT2D eigenvalue weighted by Gasteiger charge is -2.24. The third-order valence-electron chi connectivity index (χ3n) is 3.42. The van der Waals surface area contributed by atoms with Crippen LogP contribution in [-0.2, 0) is 4.79 Å². The Morgan fingerprint density at radius 3 is 2.76 bits per heavy atom. The number of hydrogen-bond acceptors (Lipinski definition) is 7. The molecule has 0 aliphatic heterocycles. The number of carbonyl (C=O) groups excluding carboxylic acids is 1. The van der Waals surface area contributed by atoms with Crippen molar-refractivity contribution < 1.29 is 4.79 Å². The molecule has 1 amide bonds. The van der Waals surface area contributed by atoms with Crippen LogP contribution in [0.5, 0.6) is 0 Å². The number of nitrogens with zero attached hydrogens (tertiary/aromatic N) is 4. The van der Waals surface area contributed by atoms with Crippen LogP contribution >= 0.6 is 23.1 Å². The summed E-state index contributed by atoms with van der Waals surface area (Å²) < 4.78 is 0.751. The van der Waals surface area contributed by atoms with E-state index < -0.39 is 0 Å². The Hall–Kier alpha value is -2.11. The molecule has 6 nitrogen and oxygen atoms in total. The van der Waals surface area contributed by atoms with Crippen molar-refractivity contribution in [2.75, 3.05) is 23.3 Å². The monoisotopic (exact) mass is 375 g/mol. The summed E-state index contributed by atoms with van der Waals surface area (Å²) in [5, 5.41) is 20.6. The number of benzene rings is 1. The highest BCUT2D eigenvalue weighted by molar-refractivity contribution is 8.02. The summed E-state index contributed by atoms with van der Waals surface area (Å²) in [7, 11) is 0. The zero-order valence-corrected chi connectivity index (χ0v) is 16.2. The van der Waals surface area contributed by atoms with Gasteiger partial charge in [-0.25, -0.2) is 0 Å². The Kier molecular flexibility index (Phi) is 7.22. The minimum Gasteiger partial charge on any atom is -0.360 e. The number of rotatable bonds is 8. The maximum Gasteiger partial charge on any atom is 0.240 e. The Morgan fingerprint density at radius 2 is 2.12 bits per heavy atom. The van der Waals surface area contributed by atoms with E-state index in [4.69, 9.17) is 5.26 Å². The fourth-order valence-electron chi connectivity index (χ4n) is 2.15. The highest BCUT2D eigenvalue weighted by Gasteiger charge is 2.24. The molecule has 1 heterocycles. The third-order valence-corrected chi connectivity index (χ3v) is 5.47. The second kappa shape index (κ2) is 9.39. The van der Waals surface area contributed by atoms with Crippen molar-refractivity contribution in [2.24, 2.45) is 0 Å². The zero-order chi connectivity index (χ0) is 18.2. The van der Waals surface area contributed by atoms with Crippen LogP contribution in [0.15, 0.2) is 28.6 Å². The van der Waals surface area contributed by atoms with Gasteiger partial charge in [-0.1, -0.05) is 40.8 Å². The van der Waals surface area contributed by atoms with Gasteiger partial charge in [-0.3, -0.25) is 4.79 Å². The van der Waals surface area contributed by atoms with Crippen LogP contribution in [0.1, 0.15) is 25.8 Å². The number of hydrogen-bond donors (Lipinski definition) is 1. The van der Waals surface area contributed by atoms with Gasteiger partial charge >= 0.3 is 0 Å². The molecular weight excluding hydrogens is 354 g/mol. The van der Waals surface area contributed by atoms with E-state index in [1.807, 2.05) is 45.0 Å². The smallest absolute Gasteiger partial charge is 0.240 e. The summed E-state index contributed by atoms with van der Waals surface area (Å²) in [6.07, 6.45) is 0.292. The molecule has 1 N–H and O–H groups in total.